The van der Waals surface area contributed by atoms with Crippen molar-refractivity contribution < 1.29 is 4.79 Å². The zero-order valence-corrected chi connectivity index (χ0v) is 17.3. The molecule has 1 aromatic rings. The Morgan fingerprint density at radius 1 is 0.960 bits per heavy atom. The Hall–Kier alpha value is -1.11. The van der Waals surface area contributed by atoms with Gasteiger partial charge < -0.3 is 0 Å². The first-order valence-electron chi connectivity index (χ1n) is 10.4. The number of hydrogen-bond donors (Lipinski definition) is 0. The first-order valence-corrected chi connectivity index (χ1v) is 10.4. The van der Waals surface area contributed by atoms with Gasteiger partial charge in [-0.1, -0.05) is 90.1 Å². The number of aryl methyl sites for hydroxylation is 1. The fourth-order valence-corrected chi connectivity index (χ4v) is 4.70. The van der Waals surface area contributed by atoms with Crippen LogP contribution in [-0.2, 0) is 0 Å². The van der Waals surface area contributed by atoms with Crippen molar-refractivity contribution in [1.82, 2.24) is 0 Å². The summed E-state index contributed by atoms with van der Waals surface area (Å²) in [6.07, 6.45) is 7.75. The highest BCUT2D eigenvalue weighted by molar-refractivity contribution is 5.98. The van der Waals surface area contributed by atoms with Crippen LogP contribution >= 0.6 is 0 Å². The average Bonchev–Trinajstić information content (AvgIpc) is 3.22. The third-order valence-electron chi connectivity index (χ3n) is 6.12. The average molecular weight is 343 g/mol. The van der Waals surface area contributed by atoms with E-state index in [2.05, 4.69) is 53.7 Å². The third kappa shape index (κ3) is 4.96. The van der Waals surface area contributed by atoms with Gasteiger partial charge in [-0.2, -0.15) is 0 Å². The molecule has 0 spiro atoms. The van der Waals surface area contributed by atoms with E-state index >= 15 is 0 Å². The molecule has 3 atom stereocenters. The molecule has 0 aliphatic heterocycles. The van der Waals surface area contributed by atoms with Gasteiger partial charge in [0.2, 0.25) is 0 Å². The quantitative estimate of drug-likeness (QED) is 0.438. The SMILES string of the molecule is CCCCC1C(CCCC)C1C(C(=O)c1ccc(C)cc1)C(C)(C)C. The molecule has 1 aliphatic rings. The minimum absolute atomic E-state index is 0.0259. The monoisotopic (exact) mass is 342 g/mol. The van der Waals surface area contributed by atoms with Crippen LogP contribution in [0.4, 0.5) is 0 Å². The molecule has 140 valence electrons. The van der Waals surface area contributed by atoms with Gasteiger partial charge >= 0.3 is 0 Å². The van der Waals surface area contributed by atoms with Crippen LogP contribution in [0.3, 0.4) is 0 Å². The van der Waals surface area contributed by atoms with E-state index in [0.717, 1.165) is 17.4 Å². The Balaban J connectivity index is 2.23. The van der Waals surface area contributed by atoms with E-state index in [0.29, 0.717) is 11.7 Å². The van der Waals surface area contributed by atoms with Crippen LogP contribution in [0, 0.1) is 36.0 Å². The van der Waals surface area contributed by atoms with Gasteiger partial charge in [0.15, 0.2) is 5.78 Å². The van der Waals surface area contributed by atoms with Gasteiger partial charge in [0.1, 0.15) is 0 Å². The van der Waals surface area contributed by atoms with E-state index in [1.807, 2.05) is 12.1 Å². The zero-order chi connectivity index (χ0) is 18.6. The normalized spacial score (nSPS) is 24.2. The van der Waals surface area contributed by atoms with Crippen LogP contribution in [0.1, 0.15) is 89.1 Å². The maximum Gasteiger partial charge on any atom is 0.166 e. The van der Waals surface area contributed by atoms with E-state index in [1.165, 1.54) is 44.1 Å². The molecular formula is C24H38O. The lowest BCUT2D eigenvalue weighted by molar-refractivity contribution is 0.0765. The lowest BCUT2D eigenvalue weighted by atomic mass is 9.72. The summed E-state index contributed by atoms with van der Waals surface area (Å²) in [6.45, 7) is 13.4. The predicted molar refractivity (Wildman–Crippen MR) is 108 cm³/mol. The fourth-order valence-electron chi connectivity index (χ4n) is 4.70. The summed E-state index contributed by atoms with van der Waals surface area (Å²) < 4.78 is 0. The molecule has 1 fully saturated rings. The highest BCUT2D eigenvalue weighted by Gasteiger charge is 2.57. The number of Topliss-reactive ketones (excluding diaryl/α,β-unsaturated/α-hetero) is 1. The number of hydrogen-bond acceptors (Lipinski definition) is 1. The number of benzene rings is 1. The predicted octanol–water partition coefficient (Wildman–Crippen LogP) is 7.08. The van der Waals surface area contributed by atoms with Crippen LogP contribution in [0.25, 0.3) is 0 Å². The molecule has 0 amide bonds. The molecule has 1 saturated carbocycles. The van der Waals surface area contributed by atoms with Crippen LogP contribution < -0.4 is 0 Å². The summed E-state index contributed by atoms with van der Waals surface area (Å²) in [5.41, 5.74) is 2.15. The summed E-state index contributed by atoms with van der Waals surface area (Å²) in [4.78, 5) is 13.4. The lowest BCUT2D eigenvalue weighted by Crippen LogP contribution is -2.31. The van der Waals surface area contributed by atoms with Gasteiger partial charge in [0, 0.05) is 11.5 Å². The van der Waals surface area contributed by atoms with E-state index in [9.17, 15) is 4.79 Å². The van der Waals surface area contributed by atoms with Crippen molar-refractivity contribution in [3.63, 3.8) is 0 Å². The molecule has 25 heavy (non-hydrogen) atoms. The first kappa shape index (κ1) is 20.2. The molecule has 0 aromatic heterocycles. The third-order valence-corrected chi connectivity index (χ3v) is 6.12. The second-order valence-electron chi connectivity index (χ2n) is 9.26. The highest BCUT2D eigenvalue weighted by atomic mass is 16.1. The number of rotatable bonds is 9. The molecule has 1 nitrogen and oxygen atoms in total. The summed E-state index contributed by atoms with van der Waals surface area (Å²) in [5.74, 6) is 2.65. The van der Waals surface area contributed by atoms with E-state index < -0.39 is 0 Å². The Kier molecular flexibility index (Phi) is 6.88. The Bertz CT molecular complexity index is 534. The van der Waals surface area contributed by atoms with Crippen LogP contribution in [0.2, 0.25) is 0 Å². The van der Waals surface area contributed by atoms with Crippen LogP contribution in [0.5, 0.6) is 0 Å². The van der Waals surface area contributed by atoms with Gasteiger partial charge in [0.25, 0.3) is 0 Å². The van der Waals surface area contributed by atoms with Crippen molar-refractivity contribution in [2.75, 3.05) is 0 Å². The molecule has 3 unspecified atom stereocenters. The molecule has 2 rings (SSSR count). The topological polar surface area (TPSA) is 17.1 Å². The van der Waals surface area contributed by atoms with Gasteiger partial charge in [-0.25, -0.2) is 0 Å². The summed E-state index contributed by atoms with van der Waals surface area (Å²) in [5, 5.41) is 0. The fraction of sp³-hybridized carbons (Fsp3) is 0.708. The van der Waals surface area contributed by atoms with Crippen molar-refractivity contribution in [1.29, 1.82) is 0 Å². The molecule has 0 bridgehead atoms. The minimum Gasteiger partial charge on any atom is -0.294 e. The van der Waals surface area contributed by atoms with Crippen molar-refractivity contribution in [3.05, 3.63) is 35.4 Å². The second kappa shape index (κ2) is 8.52. The van der Waals surface area contributed by atoms with E-state index in [1.54, 1.807) is 0 Å². The summed E-state index contributed by atoms with van der Waals surface area (Å²) in [7, 11) is 0. The van der Waals surface area contributed by atoms with Crippen molar-refractivity contribution in [2.24, 2.45) is 29.1 Å². The largest absolute Gasteiger partial charge is 0.294 e. The lowest BCUT2D eigenvalue weighted by Gasteiger charge is -2.31. The minimum atomic E-state index is 0.0259. The molecular weight excluding hydrogens is 304 g/mol. The van der Waals surface area contributed by atoms with Crippen molar-refractivity contribution in [2.45, 2.75) is 80.1 Å². The second-order valence-corrected chi connectivity index (χ2v) is 9.26. The molecule has 1 aromatic carbocycles. The molecule has 0 N–H and O–H groups in total. The van der Waals surface area contributed by atoms with Crippen molar-refractivity contribution >= 4 is 5.78 Å². The van der Waals surface area contributed by atoms with Gasteiger partial charge in [0.05, 0.1) is 0 Å². The number of carbonyl (C=O) groups is 1. The van der Waals surface area contributed by atoms with Gasteiger partial charge in [-0.3, -0.25) is 4.79 Å². The number of ketones is 1. The maximum absolute atomic E-state index is 13.4. The van der Waals surface area contributed by atoms with Gasteiger partial charge in [-0.05, 0) is 42.9 Å². The zero-order valence-electron chi connectivity index (χ0n) is 17.3. The number of unbranched alkanes of at least 4 members (excludes halogenated alkanes) is 2. The maximum atomic E-state index is 13.4. The van der Waals surface area contributed by atoms with Crippen molar-refractivity contribution in [3.8, 4) is 0 Å². The highest BCUT2D eigenvalue weighted by Crippen LogP contribution is 2.60. The summed E-state index contributed by atoms with van der Waals surface area (Å²) >= 11 is 0. The van der Waals surface area contributed by atoms with Crippen LogP contribution in [0.15, 0.2) is 24.3 Å². The number of carbonyl (C=O) groups excluding carboxylic acids is 1. The Morgan fingerprint density at radius 2 is 1.44 bits per heavy atom. The first-order chi connectivity index (χ1) is 11.8. The molecule has 1 heteroatoms. The van der Waals surface area contributed by atoms with E-state index in [4.69, 9.17) is 0 Å². The molecule has 0 saturated heterocycles. The molecule has 0 radical (unpaired) electrons. The smallest absolute Gasteiger partial charge is 0.166 e. The van der Waals surface area contributed by atoms with E-state index in [-0.39, 0.29) is 11.3 Å². The molecule has 0 heterocycles. The van der Waals surface area contributed by atoms with Gasteiger partial charge in [-0.15, -0.1) is 0 Å². The Morgan fingerprint density at radius 3 is 1.84 bits per heavy atom. The Labute approximate surface area is 155 Å². The van der Waals surface area contributed by atoms with Crippen LogP contribution in [-0.4, -0.2) is 5.78 Å². The molecule has 1 aliphatic carbocycles. The summed E-state index contributed by atoms with van der Waals surface area (Å²) in [6, 6.07) is 8.20. The standard InChI is InChI=1S/C24H38O/c1-7-9-11-19-20(12-10-8-2)21(19)22(24(4,5)6)23(25)18-15-13-17(3)14-16-18/h13-16,19-22H,7-12H2,1-6H3.